The van der Waals surface area contributed by atoms with Gasteiger partial charge in [0.05, 0.1) is 9.92 Å². The zero-order chi connectivity index (χ0) is 17.7. The number of benzene rings is 3. The molecule has 0 saturated carbocycles. The molecule has 25 heavy (non-hydrogen) atoms. The molecular formula is C20H18ClNO2S. The maximum absolute atomic E-state index is 13.2. The molecule has 1 unspecified atom stereocenters. The molecule has 3 aromatic carbocycles. The Kier molecular flexibility index (Phi) is 5.53. The molecule has 128 valence electrons. The quantitative estimate of drug-likeness (QED) is 0.688. The minimum atomic E-state index is -3.70. The van der Waals surface area contributed by atoms with Gasteiger partial charge in [-0.05, 0) is 23.3 Å². The SMILES string of the molecule is O=S(=O)(c1ccccc1Cl)C(NCc1ccccc1)c1ccccc1. The summed E-state index contributed by atoms with van der Waals surface area (Å²) in [5, 5.41) is 2.52. The summed E-state index contributed by atoms with van der Waals surface area (Å²) in [7, 11) is -3.70. The average molecular weight is 372 g/mol. The number of sulfone groups is 1. The monoisotopic (exact) mass is 371 g/mol. The first-order chi connectivity index (χ1) is 12.1. The zero-order valence-corrected chi connectivity index (χ0v) is 15.0. The molecule has 3 aromatic rings. The summed E-state index contributed by atoms with van der Waals surface area (Å²) in [6.45, 7) is 0.435. The fourth-order valence-electron chi connectivity index (χ4n) is 2.64. The lowest BCUT2D eigenvalue weighted by atomic mass is 10.2. The van der Waals surface area contributed by atoms with Crippen molar-refractivity contribution in [1.29, 1.82) is 0 Å². The highest BCUT2D eigenvalue weighted by Crippen LogP contribution is 2.31. The fourth-order valence-corrected chi connectivity index (χ4v) is 4.78. The largest absolute Gasteiger partial charge is 0.293 e. The molecule has 1 N–H and O–H groups in total. The van der Waals surface area contributed by atoms with Crippen LogP contribution in [0.3, 0.4) is 0 Å². The van der Waals surface area contributed by atoms with E-state index < -0.39 is 15.2 Å². The van der Waals surface area contributed by atoms with E-state index in [0.717, 1.165) is 5.56 Å². The van der Waals surface area contributed by atoms with Gasteiger partial charge in [0, 0.05) is 6.54 Å². The molecule has 0 spiro atoms. The fraction of sp³-hybridized carbons (Fsp3) is 0.100. The lowest BCUT2D eigenvalue weighted by Gasteiger charge is -2.20. The molecule has 0 aliphatic heterocycles. The van der Waals surface area contributed by atoms with Crippen molar-refractivity contribution in [2.45, 2.75) is 16.8 Å². The highest BCUT2D eigenvalue weighted by molar-refractivity contribution is 7.91. The predicted octanol–water partition coefficient (Wildman–Crippen LogP) is 4.60. The van der Waals surface area contributed by atoms with Crippen LogP contribution in [0, 0.1) is 0 Å². The molecule has 0 fully saturated rings. The molecule has 0 saturated heterocycles. The van der Waals surface area contributed by atoms with Gasteiger partial charge >= 0.3 is 0 Å². The normalized spacial score (nSPS) is 12.7. The van der Waals surface area contributed by atoms with Crippen molar-refractivity contribution in [2.24, 2.45) is 0 Å². The average Bonchev–Trinajstić information content (AvgIpc) is 2.64. The summed E-state index contributed by atoms with van der Waals surface area (Å²) in [6.07, 6.45) is 0. The summed E-state index contributed by atoms with van der Waals surface area (Å²) in [5.74, 6) is 0. The molecule has 0 aliphatic rings. The second kappa shape index (κ2) is 7.83. The van der Waals surface area contributed by atoms with E-state index in [1.54, 1.807) is 30.3 Å². The van der Waals surface area contributed by atoms with Crippen molar-refractivity contribution in [2.75, 3.05) is 0 Å². The van der Waals surface area contributed by atoms with Gasteiger partial charge < -0.3 is 0 Å². The highest BCUT2D eigenvalue weighted by atomic mass is 35.5. The van der Waals surface area contributed by atoms with Gasteiger partial charge in [0.25, 0.3) is 0 Å². The standard InChI is InChI=1S/C20H18ClNO2S/c21-18-13-7-8-14-19(18)25(23,24)20(17-11-5-2-6-12-17)22-15-16-9-3-1-4-10-16/h1-14,20,22H,15H2. The van der Waals surface area contributed by atoms with Crippen LogP contribution in [0.4, 0.5) is 0 Å². The van der Waals surface area contributed by atoms with Crippen molar-refractivity contribution in [3.8, 4) is 0 Å². The van der Waals surface area contributed by atoms with Gasteiger partial charge in [-0.15, -0.1) is 0 Å². The van der Waals surface area contributed by atoms with E-state index >= 15 is 0 Å². The molecule has 3 rings (SSSR count). The summed E-state index contributed by atoms with van der Waals surface area (Å²) in [5.41, 5.74) is 1.69. The van der Waals surface area contributed by atoms with Gasteiger partial charge in [-0.25, -0.2) is 8.42 Å². The topological polar surface area (TPSA) is 46.2 Å². The molecule has 0 aliphatic carbocycles. The summed E-state index contributed by atoms with van der Waals surface area (Å²) < 4.78 is 26.5. The lowest BCUT2D eigenvalue weighted by Crippen LogP contribution is -2.28. The molecule has 0 radical (unpaired) electrons. The van der Waals surface area contributed by atoms with Crippen molar-refractivity contribution in [3.63, 3.8) is 0 Å². The van der Waals surface area contributed by atoms with Crippen LogP contribution in [0.15, 0.2) is 89.8 Å². The molecule has 1 atom stereocenters. The first-order valence-corrected chi connectivity index (χ1v) is 9.82. The Bertz CT molecular complexity index is 928. The lowest BCUT2D eigenvalue weighted by molar-refractivity contribution is 0.554. The van der Waals surface area contributed by atoms with Crippen molar-refractivity contribution < 1.29 is 8.42 Å². The maximum atomic E-state index is 13.2. The molecule has 0 amide bonds. The van der Waals surface area contributed by atoms with Crippen molar-refractivity contribution >= 4 is 21.4 Å². The van der Waals surface area contributed by atoms with Gasteiger partial charge in [0.15, 0.2) is 9.84 Å². The van der Waals surface area contributed by atoms with Crippen LogP contribution in [0.2, 0.25) is 5.02 Å². The molecular weight excluding hydrogens is 354 g/mol. The van der Waals surface area contributed by atoms with E-state index in [4.69, 9.17) is 11.6 Å². The van der Waals surface area contributed by atoms with Crippen LogP contribution >= 0.6 is 11.6 Å². The third kappa shape index (κ3) is 4.10. The third-order valence-electron chi connectivity index (χ3n) is 3.89. The minimum Gasteiger partial charge on any atom is -0.293 e. The highest BCUT2D eigenvalue weighted by Gasteiger charge is 2.30. The Labute approximate surface area is 153 Å². The van der Waals surface area contributed by atoms with Crippen LogP contribution in [-0.4, -0.2) is 8.42 Å². The number of hydrogen-bond donors (Lipinski definition) is 1. The van der Waals surface area contributed by atoms with E-state index in [0.29, 0.717) is 12.1 Å². The minimum absolute atomic E-state index is 0.131. The van der Waals surface area contributed by atoms with E-state index in [2.05, 4.69) is 5.32 Å². The van der Waals surface area contributed by atoms with E-state index in [1.165, 1.54) is 6.07 Å². The van der Waals surface area contributed by atoms with Crippen LogP contribution in [-0.2, 0) is 16.4 Å². The van der Waals surface area contributed by atoms with Gasteiger partial charge in [-0.2, -0.15) is 0 Å². The first-order valence-electron chi connectivity index (χ1n) is 7.90. The predicted molar refractivity (Wildman–Crippen MR) is 101 cm³/mol. The smallest absolute Gasteiger partial charge is 0.199 e. The second-order valence-corrected chi connectivity index (χ2v) is 8.04. The number of rotatable bonds is 6. The third-order valence-corrected chi connectivity index (χ3v) is 6.36. The van der Waals surface area contributed by atoms with Crippen LogP contribution in [0.5, 0.6) is 0 Å². The summed E-state index contributed by atoms with van der Waals surface area (Å²) in [4.78, 5) is 0.131. The Balaban J connectivity index is 1.98. The Hall–Kier alpha value is -2.14. The Morgan fingerprint density at radius 2 is 1.36 bits per heavy atom. The molecule has 5 heteroatoms. The van der Waals surface area contributed by atoms with Crippen molar-refractivity contribution in [1.82, 2.24) is 5.32 Å². The van der Waals surface area contributed by atoms with Gasteiger partial charge in [0.2, 0.25) is 0 Å². The van der Waals surface area contributed by atoms with E-state index in [1.807, 2.05) is 48.5 Å². The Morgan fingerprint density at radius 3 is 2.00 bits per heavy atom. The summed E-state index contributed by atoms with van der Waals surface area (Å²) >= 11 is 6.15. The van der Waals surface area contributed by atoms with Gasteiger partial charge in [0.1, 0.15) is 5.37 Å². The van der Waals surface area contributed by atoms with Crippen molar-refractivity contribution in [3.05, 3.63) is 101 Å². The van der Waals surface area contributed by atoms with Crippen LogP contribution in [0.25, 0.3) is 0 Å². The van der Waals surface area contributed by atoms with Crippen LogP contribution in [0.1, 0.15) is 16.5 Å². The number of nitrogens with one attached hydrogen (secondary N) is 1. The molecule has 0 aromatic heterocycles. The molecule has 0 bridgehead atoms. The van der Waals surface area contributed by atoms with Gasteiger partial charge in [-0.1, -0.05) is 84.4 Å². The Morgan fingerprint density at radius 1 is 0.800 bits per heavy atom. The number of hydrogen-bond acceptors (Lipinski definition) is 3. The number of halogens is 1. The van der Waals surface area contributed by atoms with E-state index in [-0.39, 0.29) is 9.92 Å². The maximum Gasteiger partial charge on any atom is 0.199 e. The zero-order valence-electron chi connectivity index (χ0n) is 13.5. The van der Waals surface area contributed by atoms with Gasteiger partial charge in [-0.3, -0.25) is 5.32 Å². The molecule has 3 nitrogen and oxygen atoms in total. The second-order valence-electron chi connectivity index (χ2n) is 5.63. The molecule has 0 heterocycles. The first kappa shape index (κ1) is 17.7. The summed E-state index contributed by atoms with van der Waals surface area (Å²) in [6, 6.07) is 25.3. The van der Waals surface area contributed by atoms with Crippen LogP contribution < -0.4 is 5.32 Å². The van der Waals surface area contributed by atoms with E-state index in [9.17, 15) is 8.42 Å².